The van der Waals surface area contributed by atoms with Crippen LogP contribution in [0.1, 0.15) is 39.7 Å². The summed E-state index contributed by atoms with van der Waals surface area (Å²) in [6.07, 6.45) is 4.33. The van der Waals surface area contributed by atoms with Gasteiger partial charge in [0.2, 0.25) is 5.91 Å². The summed E-state index contributed by atoms with van der Waals surface area (Å²) in [6, 6.07) is 0. The molecule has 0 saturated heterocycles. The molecule has 1 saturated carbocycles. The number of likely N-dealkylation sites (N-methyl/N-ethyl adjacent to an activating group) is 1. The molecule has 1 aromatic rings. The van der Waals surface area contributed by atoms with Crippen molar-refractivity contribution in [3.8, 4) is 0 Å². The van der Waals surface area contributed by atoms with E-state index in [-0.39, 0.29) is 17.4 Å². The van der Waals surface area contributed by atoms with Gasteiger partial charge in [-0.25, -0.2) is 0 Å². The predicted octanol–water partition coefficient (Wildman–Crippen LogP) is 1.30. The van der Waals surface area contributed by atoms with Crippen molar-refractivity contribution in [3.05, 3.63) is 18.0 Å². The summed E-state index contributed by atoms with van der Waals surface area (Å²) in [6.45, 7) is 9.79. The lowest BCUT2D eigenvalue weighted by atomic mass is 9.54. The first-order valence-electron chi connectivity index (χ1n) is 7.93. The van der Waals surface area contributed by atoms with Crippen molar-refractivity contribution in [2.24, 2.45) is 18.2 Å². The van der Waals surface area contributed by atoms with Gasteiger partial charge in [0.1, 0.15) is 5.54 Å². The molecule has 2 atom stereocenters. The molecule has 2 N–H and O–H groups in total. The van der Waals surface area contributed by atoms with Gasteiger partial charge < -0.3 is 15.4 Å². The summed E-state index contributed by atoms with van der Waals surface area (Å²) >= 11 is 0. The number of nitrogens with zero attached hydrogens (tertiary/aromatic N) is 3. The van der Waals surface area contributed by atoms with Gasteiger partial charge in [0.25, 0.3) is 0 Å². The van der Waals surface area contributed by atoms with Gasteiger partial charge in [0, 0.05) is 50.3 Å². The fourth-order valence-corrected chi connectivity index (χ4v) is 3.18. The Morgan fingerprint density at radius 1 is 1.55 bits per heavy atom. The Bertz CT molecular complexity index is 540. The van der Waals surface area contributed by atoms with Gasteiger partial charge in [-0.3, -0.25) is 9.48 Å². The third kappa shape index (κ3) is 2.65. The summed E-state index contributed by atoms with van der Waals surface area (Å²) in [5.41, 5.74) is 6.29. The Hall–Kier alpha value is -1.40. The Balaban J connectivity index is 2.11. The first-order valence-corrected chi connectivity index (χ1v) is 7.93. The van der Waals surface area contributed by atoms with E-state index < -0.39 is 5.54 Å². The van der Waals surface area contributed by atoms with E-state index in [9.17, 15) is 4.79 Å². The molecule has 0 spiro atoms. The summed E-state index contributed by atoms with van der Waals surface area (Å²) in [7, 11) is 1.87. The summed E-state index contributed by atoms with van der Waals surface area (Å²) < 4.78 is 7.45. The van der Waals surface area contributed by atoms with Crippen LogP contribution in [0.3, 0.4) is 0 Å². The number of ether oxygens (including phenoxy) is 1. The lowest BCUT2D eigenvalue weighted by Crippen LogP contribution is -2.76. The summed E-state index contributed by atoms with van der Waals surface area (Å²) in [4.78, 5) is 14.8. The van der Waals surface area contributed by atoms with Gasteiger partial charge in [0.05, 0.1) is 12.3 Å². The summed E-state index contributed by atoms with van der Waals surface area (Å²) in [5, 5.41) is 4.15. The van der Waals surface area contributed by atoms with Crippen molar-refractivity contribution in [2.75, 3.05) is 13.2 Å². The molecule has 0 bridgehead atoms. The van der Waals surface area contributed by atoms with Crippen LogP contribution in [0.5, 0.6) is 0 Å². The van der Waals surface area contributed by atoms with Crippen LogP contribution in [0, 0.1) is 5.41 Å². The molecule has 1 aliphatic carbocycles. The van der Waals surface area contributed by atoms with E-state index in [4.69, 9.17) is 10.5 Å². The lowest BCUT2D eigenvalue weighted by Gasteiger charge is -2.58. The fraction of sp³-hybridized carbons (Fsp3) is 0.750. The van der Waals surface area contributed by atoms with E-state index in [0.29, 0.717) is 26.1 Å². The minimum Gasteiger partial charge on any atom is -0.378 e. The average molecular weight is 308 g/mol. The van der Waals surface area contributed by atoms with Crippen molar-refractivity contribution in [3.63, 3.8) is 0 Å². The van der Waals surface area contributed by atoms with E-state index in [1.165, 1.54) is 0 Å². The number of carbonyl (C=O) groups is 1. The van der Waals surface area contributed by atoms with E-state index in [0.717, 1.165) is 5.56 Å². The molecule has 2 rings (SSSR count). The maximum absolute atomic E-state index is 13.0. The second-order valence-electron chi connectivity index (χ2n) is 6.68. The highest BCUT2D eigenvalue weighted by atomic mass is 16.5. The van der Waals surface area contributed by atoms with Crippen molar-refractivity contribution in [1.29, 1.82) is 0 Å². The molecule has 0 aromatic carbocycles. The molecule has 1 heterocycles. The zero-order valence-electron chi connectivity index (χ0n) is 14.3. The topological polar surface area (TPSA) is 73.4 Å². The van der Waals surface area contributed by atoms with Crippen LogP contribution in [-0.4, -0.2) is 45.4 Å². The molecule has 2 unspecified atom stereocenters. The molecule has 124 valence electrons. The number of hydrogen-bond donors (Lipinski definition) is 1. The minimum atomic E-state index is -0.856. The molecule has 6 nitrogen and oxygen atoms in total. The minimum absolute atomic E-state index is 0.000180. The van der Waals surface area contributed by atoms with Crippen LogP contribution in [0.4, 0.5) is 0 Å². The van der Waals surface area contributed by atoms with Crippen molar-refractivity contribution in [1.82, 2.24) is 14.7 Å². The molecule has 1 amide bonds. The van der Waals surface area contributed by atoms with Crippen molar-refractivity contribution in [2.45, 2.75) is 52.3 Å². The Morgan fingerprint density at radius 2 is 2.23 bits per heavy atom. The first-order chi connectivity index (χ1) is 10.3. The van der Waals surface area contributed by atoms with Crippen molar-refractivity contribution < 1.29 is 9.53 Å². The number of rotatable bonds is 6. The maximum Gasteiger partial charge on any atom is 0.243 e. The van der Waals surface area contributed by atoms with Crippen LogP contribution in [-0.2, 0) is 23.1 Å². The van der Waals surface area contributed by atoms with Crippen LogP contribution >= 0.6 is 0 Å². The quantitative estimate of drug-likeness (QED) is 0.860. The Labute approximate surface area is 132 Å². The van der Waals surface area contributed by atoms with Crippen LogP contribution in [0.15, 0.2) is 12.4 Å². The Morgan fingerprint density at radius 3 is 2.68 bits per heavy atom. The van der Waals surface area contributed by atoms with Gasteiger partial charge in [-0.15, -0.1) is 0 Å². The molecule has 0 radical (unpaired) electrons. The number of amides is 1. The van der Waals surface area contributed by atoms with E-state index in [2.05, 4.69) is 5.10 Å². The normalized spacial score (nSPS) is 26.5. The molecule has 1 aliphatic rings. The first kappa shape index (κ1) is 17.0. The number of carbonyl (C=O) groups excluding carboxylic acids is 1. The van der Waals surface area contributed by atoms with Gasteiger partial charge >= 0.3 is 0 Å². The molecule has 1 aromatic heterocycles. The SMILES string of the molecule is CCOC1CC(N)(C(=O)N(CC)Cc2cnn(C)c2)C1(C)C. The highest BCUT2D eigenvalue weighted by Gasteiger charge is 2.63. The maximum atomic E-state index is 13.0. The van der Waals surface area contributed by atoms with E-state index in [1.807, 2.05) is 40.9 Å². The predicted molar refractivity (Wildman–Crippen MR) is 85.0 cm³/mol. The van der Waals surface area contributed by atoms with Gasteiger partial charge in [-0.2, -0.15) is 5.10 Å². The molecule has 1 fully saturated rings. The van der Waals surface area contributed by atoms with E-state index in [1.54, 1.807) is 15.8 Å². The van der Waals surface area contributed by atoms with E-state index >= 15 is 0 Å². The van der Waals surface area contributed by atoms with Crippen LogP contribution < -0.4 is 5.73 Å². The van der Waals surface area contributed by atoms with Gasteiger partial charge in [0.15, 0.2) is 0 Å². The fourth-order valence-electron chi connectivity index (χ4n) is 3.18. The second kappa shape index (κ2) is 6.01. The molecule has 22 heavy (non-hydrogen) atoms. The molecular weight excluding hydrogens is 280 g/mol. The molecule has 0 aliphatic heterocycles. The number of hydrogen-bond acceptors (Lipinski definition) is 4. The number of aryl methyl sites for hydroxylation is 1. The highest BCUT2D eigenvalue weighted by molar-refractivity contribution is 5.88. The number of nitrogens with two attached hydrogens (primary N) is 1. The molecular formula is C16H28N4O2. The second-order valence-corrected chi connectivity index (χ2v) is 6.68. The third-order valence-electron chi connectivity index (χ3n) is 5.01. The highest BCUT2D eigenvalue weighted by Crippen LogP contribution is 2.50. The van der Waals surface area contributed by atoms with Crippen LogP contribution in [0.2, 0.25) is 0 Å². The lowest BCUT2D eigenvalue weighted by molar-refractivity contribution is -0.179. The zero-order chi connectivity index (χ0) is 16.5. The largest absolute Gasteiger partial charge is 0.378 e. The zero-order valence-corrected chi connectivity index (χ0v) is 14.3. The monoisotopic (exact) mass is 308 g/mol. The molecule has 6 heteroatoms. The third-order valence-corrected chi connectivity index (χ3v) is 5.01. The average Bonchev–Trinajstić information content (AvgIpc) is 2.88. The summed E-state index contributed by atoms with van der Waals surface area (Å²) in [5.74, 6) is -0.000180. The standard InChI is InChI=1S/C16H28N4O2/c1-6-20(11-12-9-18-19(5)10-12)14(21)16(17)8-13(22-7-2)15(16,3)4/h9-10,13H,6-8,11,17H2,1-5H3. The number of aromatic nitrogens is 2. The Kier molecular flexibility index (Phi) is 4.63. The van der Waals surface area contributed by atoms with Gasteiger partial charge in [-0.1, -0.05) is 13.8 Å². The van der Waals surface area contributed by atoms with Gasteiger partial charge in [-0.05, 0) is 13.8 Å². The van der Waals surface area contributed by atoms with Crippen LogP contribution in [0.25, 0.3) is 0 Å². The smallest absolute Gasteiger partial charge is 0.243 e. The van der Waals surface area contributed by atoms with Crippen molar-refractivity contribution >= 4 is 5.91 Å².